The molecule has 1 aromatic heterocycles. The minimum atomic E-state index is 0.00769. The van der Waals surface area contributed by atoms with Crippen molar-refractivity contribution in [2.75, 3.05) is 32.1 Å². The molecule has 1 N–H and O–H groups in total. The van der Waals surface area contributed by atoms with Crippen molar-refractivity contribution in [1.82, 2.24) is 9.88 Å². The molecule has 5 nitrogen and oxygen atoms in total. The number of hydrogen-bond acceptors (Lipinski definition) is 4. The normalized spacial score (nSPS) is 19.3. The van der Waals surface area contributed by atoms with Gasteiger partial charge in [-0.1, -0.05) is 6.92 Å². The lowest BCUT2D eigenvalue weighted by Crippen LogP contribution is -2.48. The lowest BCUT2D eigenvalue weighted by molar-refractivity contribution is -0.00276. The number of hydrogen-bond donors (Lipinski definition) is 1. The second-order valence-electron chi connectivity index (χ2n) is 4.44. The van der Waals surface area contributed by atoms with Gasteiger partial charge in [0, 0.05) is 24.3 Å². The number of aromatic nitrogens is 1. The SMILES string of the molecule is CCC1COCCN1C(=O)c1cc(Br)cnc1NC. The summed E-state index contributed by atoms with van der Waals surface area (Å²) in [5.41, 5.74) is 0.595. The van der Waals surface area contributed by atoms with Crippen LogP contribution in [0.4, 0.5) is 5.82 Å². The minimum absolute atomic E-state index is 0.00769. The van der Waals surface area contributed by atoms with E-state index in [2.05, 4.69) is 33.2 Å². The summed E-state index contributed by atoms with van der Waals surface area (Å²) in [6.45, 7) is 3.90. The fourth-order valence-corrected chi connectivity index (χ4v) is 2.55. The summed E-state index contributed by atoms with van der Waals surface area (Å²) in [5, 5.41) is 2.96. The smallest absolute Gasteiger partial charge is 0.258 e. The number of nitrogens with one attached hydrogen (secondary N) is 1. The first kappa shape index (κ1) is 14.3. The molecule has 2 rings (SSSR count). The standard InChI is InChI=1S/C13H18BrN3O2/c1-3-10-8-19-5-4-17(10)13(18)11-6-9(14)7-16-12(11)15-2/h6-7,10H,3-5,8H2,1-2H3,(H,15,16). The molecular weight excluding hydrogens is 310 g/mol. The molecule has 1 saturated heterocycles. The van der Waals surface area contributed by atoms with Gasteiger partial charge >= 0.3 is 0 Å². The fourth-order valence-electron chi connectivity index (χ4n) is 2.22. The zero-order valence-corrected chi connectivity index (χ0v) is 12.7. The van der Waals surface area contributed by atoms with Crippen molar-refractivity contribution in [1.29, 1.82) is 0 Å². The summed E-state index contributed by atoms with van der Waals surface area (Å²) in [6, 6.07) is 1.95. The van der Waals surface area contributed by atoms with E-state index in [0.717, 1.165) is 10.9 Å². The van der Waals surface area contributed by atoms with Gasteiger partial charge in [0.05, 0.1) is 24.8 Å². The molecule has 1 amide bonds. The molecule has 6 heteroatoms. The second kappa shape index (κ2) is 6.34. The summed E-state index contributed by atoms with van der Waals surface area (Å²) in [4.78, 5) is 18.8. The third-order valence-electron chi connectivity index (χ3n) is 3.28. The predicted octanol–water partition coefficient (Wildman–Crippen LogP) is 2.14. The molecule has 104 valence electrons. The lowest BCUT2D eigenvalue weighted by atomic mass is 10.1. The second-order valence-corrected chi connectivity index (χ2v) is 5.35. The number of amides is 1. The zero-order valence-electron chi connectivity index (χ0n) is 11.1. The van der Waals surface area contributed by atoms with Crippen LogP contribution in [0.2, 0.25) is 0 Å². The quantitative estimate of drug-likeness (QED) is 0.924. The first-order chi connectivity index (χ1) is 9.17. The molecule has 0 bridgehead atoms. The summed E-state index contributed by atoms with van der Waals surface area (Å²) < 4.78 is 6.24. The highest BCUT2D eigenvalue weighted by atomic mass is 79.9. The summed E-state index contributed by atoms with van der Waals surface area (Å²) in [6.07, 6.45) is 2.57. The highest BCUT2D eigenvalue weighted by molar-refractivity contribution is 9.10. The van der Waals surface area contributed by atoms with E-state index in [4.69, 9.17) is 4.74 Å². The van der Waals surface area contributed by atoms with Crippen molar-refractivity contribution in [3.05, 3.63) is 22.3 Å². The van der Waals surface area contributed by atoms with Gasteiger partial charge < -0.3 is 15.0 Å². The van der Waals surface area contributed by atoms with Gasteiger partial charge in [0.2, 0.25) is 0 Å². The number of rotatable bonds is 3. The number of anilines is 1. The van der Waals surface area contributed by atoms with Gasteiger partial charge in [-0.15, -0.1) is 0 Å². The molecule has 0 aliphatic carbocycles. The van der Waals surface area contributed by atoms with Crippen molar-refractivity contribution < 1.29 is 9.53 Å². The maximum atomic E-state index is 12.7. The van der Waals surface area contributed by atoms with Crippen molar-refractivity contribution in [2.24, 2.45) is 0 Å². The summed E-state index contributed by atoms with van der Waals surface area (Å²) >= 11 is 3.36. The molecule has 19 heavy (non-hydrogen) atoms. The Kier molecular flexibility index (Phi) is 4.76. The van der Waals surface area contributed by atoms with Crippen LogP contribution in [-0.2, 0) is 4.74 Å². The average molecular weight is 328 g/mol. The number of ether oxygens (including phenoxy) is 1. The van der Waals surface area contributed by atoms with Crippen molar-refractivity contribution in [3.63, 3.8) is 0 Å². The van der Waals surface area contributed by atoms with Crippen LogP contribution >= 0.6 is 15.9 Å². The van der Waals surface area contributed by atoms with Gasteiger partial charge in [-0.2, -0.15) is 0 Å². The monoisotopic (exact) mass is 327 g/mol. The number of halogens is 1. The fraction of sp³-hybridized carbons (Fsp3) is 0.538. The average Bonchev–Trinajstić information content (AvgIpc) is 2.46. The van der Waals surface area contributed by atoms with E-state index < -0.39 is 0 Å². The molecular formula is C13H18BrN3O2. The van der Waals surface area contributed by atoms with Crippen LogP contribution < -0.4 is 5.32 Å². The molecule has 0 radical (unpaired) electrons. The Morgan fingerprint density at radius 2 is 2.47 bits per heavy atom. The van der Waals surface area contributed by atoms with Gasteiger partial charge in [0.15, 0.2) is 0 Å². The molecule has 1 aliphatic rings. The van der Waals surface area contributed by atoms with Crippen LogP contribution in [0.15, 0.2) is 16.7 Å². The first-order valence-electron chi connectivity index (χ1n) is 6.39. The Morgan fingerprint density at radius 1 is 1.68 bits per heavy atom. The molecule has 1 fully saturated rings. The van der Waals surface area contributed by atoms with E-state index in [1.165, 1.54) is 0 Å². The first-order valence-corrected chi connectivity index (χ1v) is 7.18. The Morgan fingerprint density at radius 3 is 3.16 bits per heavy atom. The third-order valence-corrected chi connectivity index (χ3v) is 3.71. The zero-order chi connectivity index (χ0) is 13.8. The Balaban J connectivity index is 2.29. The van der Waals surface area contributed by atoms with Gasteiger partial charge in [0.1, 0.15) is 5.82 Å². The summed E-state index contributed by atoms with van der Waals surface area (Å²) in [5.74, 6) is 0.614. The van der Waals surface area contributed by atoms with Gasteiger partial charge in [0.25, 0.3) is 5.91 Å². The third kappa shape index (κ3) is 3.06. The molecule has 1 aliphatic heterocycles. The van der Waals surface area contributed by atoms with E-state index in [-0.39, 0.29) is 11.9 Å². The van der Waals surface area contributed by atoms with E-state index in [1.54, 1.807) is 13.2 Å². The van der Waals surface area contributed by atoms with Gasteiger partial charge in [-0.3, -0.25) is 4.79 Å². The van der Waals surface area contributed by atoms with Crippen molar-refractivity contribution in [2.45, 2.75) is 19.4 Å². The number of morpholine rings is 1. The Labute approximate surface area is 121 Å². The van der Waals surface area contributed by atoms with Crippen molar-refractivity contribution >= 4 is 27.7 Å². The van der Waals surface area contributed by atoms with Crippen molar-refractivity contribution in [3.8, 4) is 0 Å². The molecule has 0 aromatic carbocycles. The van der Waals surface area contributed by atoms with Crippen LogP contribution in [-0.4, -0.2) is 48.6 Å². The van der Waals surface area contributed by atoms with E-state index >= 15 is 0 Å². The molecule has 1 unspecified atom stereocenters. The van der Waals surface area contributed by atoms with Crippen LogP contribution in [0.25, 0.3) is 0 Å². The maximum absolute atomic E-state index is 12.7. The number of pyridine rings is 1. The topological polar surface area (TPSA) is 54.5 Å². The molecule has 1 atom stereocenters. The molecule has 2 heterocycles. The van der Waals surface area contributed by atoms with E-state index in [0.29, 0.717) is 31.1 Å². The predicted molar refractivity (Wildman–Crippen MR) is 77.4 cm³/mol. The maximum Gasteiger partial charge on any atom is 0.258 e. The largest absolute Gasteiger partial charge is 0.377 e. The van der Waals surface area contributed by atoms with Crippen LogP contribution in [0, 0.1) is 0 Å². The van der Waals surface area contributed by atoms with E-state index in [1.807, 2.05) is 11.0 Å². The van der Waals surface area contributed by atoms with Gasteiger partial charge in [-0.25, -0.2) is 4.98 Å². The van der Waals surface area contributed by atoms with Crippen LogP contribution in [0.1, 0.15) is 23.7 Å². The minimum Gasteiger partial charge on any atom is -0.377 e. The summed E-state index contributed by atoms with van der Waals surface area (Å²) in [7, 11) is 1.77. The number of carbonyl (C=O) groups excluding carboxylic acids is 1. The highest BCUT2D eigenvalue weighted by Gasteiger charge is 2.28. The molecule has 0 spiro atoms. The lowest BCUT2D eigenvalue weighted by Gasteiger charge is -2.35. The van der Waals surface area contributed by atoms with E-state index in [9.17, 15) is 4.79 Å². The highest BCUT2D eigenvalue weighted by Crippen LogP contribution is 2.22. The van der Waals surface area contributed by atoms with Crippen LogP contribution in [0.5, 0.6) is 0 Å². The Bertz CT molecular complexity index is 467. The van der Waals surface area contributed by atoms with Crippen LogP contribution in [0.3, 0.4) is 0 Å². The number of nitrogens with zero attached hydrogens (tertiary/aromatic N) is 2. The van der Waals surface area contributed by atoms with Gasteiger partial charge in [-0.05, 0) is 28.4 Å². The number of carbonyl (C=O) groups is 1. The molecule has 0 saturated carbocycles. The Hall–Kier alpha value is -1.14. The molecule has 1 aromatic rings.